The number of anilines is 1. The molecule has 2 aliphatic heterocycles. The minimum absolute atomic E-state index is 0.151. The number of nitrogens with zero attached hydrogens (tertiary/aromatic N) is 5. The number of rotatable bonds is 6. The van der Waals surface area contributed by atoms with E-state index in [9.17, 15) is 14.7 Å². The second kappa shape index (κ2) is 11.7. The number of carbonyl (C=O) groups excluding carboxylic acids is 1. The molecule has 0 spiro atoms. The van der Waals surface area contributed by atoms with Crippen LogP contribution in [0.5, 0.6) is 5.75 Å². The van der Waals surface area contributed by atoms with Gasteiger partial charge in [-0.05, 0) is 70.7 Å². The number of ether oxygens (including phenoxy) is 2. The van der Waals surface area contributed by atoms with Crippen molar-refractivity contribution in [3.05, 3.63) is 57.6 Å². The normalized spacial score (nSPS) is 16.1. The second-order valence-electron chi connectivity index (χ2n) is 12.6. The molecule has 1 atom stereocenters. The molecule has 4 aromatic rings. The molecule has 1 amide bonds. The third-order valence-corrected chi connectivity index (χ3v) is 9.37. The molecule has 3 aromatic heterocycles. The minimum Gasteiger partial charge on any atom is -0.490 e. The van der Waals surface area contributed by atoms with E-state index in [4.69, 9.17) is 14.5 Å². The number of aromatic nitrogens is 3. The molecule has 6 rings (SSSR count). The van der Waals surface area contributed by atoms with Crippen molar-refractivity contribution in [2.75, 3.05) is 37.7 Å². The summed E-state index contributed by atoms with van der Waals surface area (Å²) in [5.41, 5.74) is 3.49. The Kier molecular flexibility index (Phi) is 8.07. The SMILES string of the molecule is Cc1nc2c(cc(C(=O)N3CCN(c4nccs4)CC3)n2C)c(-c2cc(F)c3c(c2C)CCCO3)c1[C@H](OC(C)(C)C)C(=O)O. The molecule has 12 heteroatoms. The predicted molar refractivity (Wildman–Crippen MR) is 171 cm³/mol. The van der Waals surface area contributed by atoms with E-state index < -0.39 is 23.5 Å². The number of halogens is 1. The molecule has 2 aliphatic rings. The Morgan fingerprint density at radius 1 is 1.16 bits per heavy atom. The van der Waals surface area contributed by atoms with Crippen LogP contribution in [0, 0.1) is 19.7 Å². The van der Waals surface area contributed by atoms with E-state index in [0.29, 0.717) is 78.3 Å². The Labute approximate surface area is 265 Å². The van der Waals surface area contributed by atoms with Crippen molar-refractivity contribution in [1.82, 2.24) is 19.4 Å². The highest BCUT2D eigenvalue weighted by atomic mass is 32.1. The van der Waals surface area contributed by atoms with Crippen molar-refractivity contribution in [3.8, 4) is 16.9 Å². The van der Waals surface area contributed by atoms with E-state index in [2.05, 4.69) is 9.88 Å². The number of hydrogen-bond donors (Lipinski definition) is 1. The number of piperazine rings is 1. The Morgan fingerprint density at radius 2 is 1.89 bits per heavy atom. The fourth-order valence-electron chi connectivity index (χ4n) is 6.41. The van der Waals surface area contributed by atoms with Crippen LogP contribution < -0.4 is 9.64 Å². The van der Waals surface area contributed by atoms with Gasteiger partial charge < -0.3 is 28.9 Å². The zero-order valence-corrected chi connectivity index (χ0v) is 27.3. The molecular formula is C33H38FN5O5S. The van der Waals surface area contributed by atoms with E-state index in [1.807, 2.05) is 17.2 Å². The van der Waals surface area contributed by atoms with E-state index in [1.165, 1.54) is 6.07 Å². The first-order valence-electron chi connectivity index (χ1n) is 15.1. The number of fused-ring (bicyclic) bond motifs is 2. The van der Waals surface area contributed by atoms with Crippen molar-refractivity contribution in [3.63, 3.8) is 0 Å². The predicted octanol–water partition coefficient (Wildman–Crippen LogP) is 5.68. The maximum atomic E-state index is 15.7. The van der Waals surface area contributed by atoms with Crippen LogP contribution in [-0.2, 0) is 23.0 Å². The Morgan fingerprint density at radius 3 is 2.53 bits per heavy atom. The zero-order valence-electron chi connectivity index (χ0n) is 26.4. The topological polar surface area (TPSA) is 110 Å². The van der Waals surface area contributed by atoms with Crippen LogP contribution in [0.15, 0.2) is 23.7 Å². The van der Waals surface area contributed by atoms with Crippen LogP contribution in [0.2, 0.25) is 0 Å². The lowest BCUT2D eigenvalue weighted by atomic mass is 9.86. The number of aliphatic carboxylic acids is 1. The summed E-state index contributed by atoms with van der Waals surface area (Å²) in [6, 6.07) is 3.18. The summed E-state index contributed by atoms with van der Waals surface area (Å²) >= 11 is 1.57. The maximum Gasteiger partial charge on any atom is 0.337 e. The van der Waals surface area contributed by atoms with Crippen molar-refractivity contribution in [1.29, 1.82) is 0 Å². The van der Waals surface area contributed by atoms with Gasteiger partial charge in [0.05, 0.1) is 12.2 Å². The van der Waals surface area contributed by atoms with Gasteiger partial charge in [-0.1, -0.05) is 0 Å². The highest BCUT2D eigenvalue weighted by Gasteiger charge is 2.35. The summed E-state index contributed by atoms with van der Waals surface area (Å²) in [4.78, 5) is 40.0. The summed E-state index contributed by atoms with van der Waals surface area (Å²) in [5, 5.41) is 13.9. The number of carbonyl (C=O) groups is 2. The second-order valence-corrected chi connectivity index (χ2v) is 13.5. The van der Waals surface area contributed by atoms with Gasteiger partial charge in [0, 0.05) is 72.6 Å². The first kappa shape index (κ1) is 31.0. The number of hydrogen-bond acceptors (Lipinski definition) is 8. The zero-order chi connectivity index (χ0) is 32.2. The lowest BCUT2D eigenvalue weighted by Gasteiger charge is -2.34. The Bertz CT molecular complexity index is 1790. The molecule has 0 bridgehead atoms. The van der Waals surface area contributed by atoms with Gasteiger partial charge in [-0.15, -0.1) is 11.3 Å². The first-order valence-corrected chi connectivity index (χ1v) is 16.0. The van der Waals surface area contributed by atoms with Gasteiger partial charge in [0.2, 0.25) is 0 Å². The first-order chi connectivity index (χ1) is 21.4. The molecule has 45 heavy (non-hydrogen) atoms. The van der Waals surface area contributed by atoms with Gasteiger partial charge in [0.25, 0.3) is 5.91 Å². The molecule has 0 radical (unpaired) electrons. The van der Waals surface area contributed by atoms with Crippen LogP contribution in [0.3, 0.4) is 0 Å². The van der Waals surface area contributed by atoms with Crippen LogP contribution in [0.25, 0.3) is 22.2 Å². The van der Waals surface area contributed by atoms with Gasteiger partial charge >= 0.3 is 5.97 Å². The molecular weight excluding hydrogens is 597 g/mol. The van der Waals surface area contributed by atoms with Crippen LogP contribution in [0.1, 0.15) is 66.2 Å². The highest BCUT2D eigenvalue weighted by Crippen LogP contribution is 2.45. The van der Waals surface area contributed by atoms with Gasteiger partial charge in [-0.2, -0.15) is 0 Å². The van der Waals surface area contributed by atoms with Crippen LogP contribution >= 0.6 is 11.3 Å². The smallest absolute Gasteiger partial charge is 0.337 e. The minimum atomic E-state index is -1.38. The summed E-state index contributed by atoms with van der Waals surface area (Å²) in [7, 11) is 1.78. The molecule has 1 saturated heterocycles. The molecule has 1 aromatic carbocycles. The van der Waals surface area contributed by atoms with Crippen molar-refractivity contribution >= 4 is 39.4 Å². The molecule has 5 heterocycles. The highest BCUT2D eigenvalue weighted by molar-refractivity contribution is 7.13. The largest absolute Gasteiger partial charge is 0.490 e. The van der Waals surface area contributed by atoms with Gasteiger partial charge in [0.15, 0.2) is 22.8 Å². The van der Waals surface area contributed by atoms with Gasteiger partial charge in [-0.25, -0.2) is 19.2 Å². The monoisotopic (exact) mass is 635 g/mol. The third-order valence-electron chi connectivity index (χ3n) is 8.54. The van der Waals surface area contributed by atoms with Crippen molar-refractivity contribution in [2.24, 2.45) is 7.05 Å². The third kappa shape index (κ3) is 5.65. The summed E-state index contributed by atoms with van der Waals surface area (Å²) in [6.07, 6.45) is 1.78. The van der Waals surface area contributed by atoms with Crippen molar-refractivity contribution in [2.45, 2.75) is 59.2 Å². The van der Waals surface area contributed by atoms with E-state index in [0.717, 1.165) is 22.7 Å². The molecule has 0 saturated carbocycles. The number of aryl methyl sites for hydroxylation is 2. The van der Waals surface area contributed by atoms with Gasteiger partial charge in [-0.3, -0.25) is 4.79 Å². The number of thiazole rings is 1. The lowest BCUT2D eigenvalue weighted by molar-refractivity contribution is -0.160. The lowest BCUT2D eigenvalue weighted by Crippen LogP contribution is -2.49. The average molecular weight is 636 g/mol. The number of amides is 1. The number of carboxylic acids is 1. The fourth-order valence-corrected chi connectivity index (χ4v) is 7.11. The molecule has 1 N–H and O–H groups in total. The van der Waals surface area contributed by atoms with E-state index in [-0.39, 0.29) is 11.7 Å². The van der Waals surface area contributed by atoms with E-state index >= 15 is 4.39 Å². The molecule has 0 aliphatic carbocycles. The van der Waals surface area contributed by atoms with Crippen molar-refractivity contribution < 1.29 is 28.6 Å². The standard InChI is InChI=1S/C33H38FN5O5S/c1-18-20-8-7-14-43-27(20)23(34)16-21(18)26-22-17-24(30(40)38-10-12-39(13-11-38)32-35-9-15-45-32)37(6)29(22)36-19(2)25(26)28(31(41)42)44-33(3,4)5/h9,15-17,28H,7-8,10-14H2,1-6H3,(H,41,42)/t28-/m0/s1. The maximum absolute atomic E-state index is 15.7. The molecule has 10 nitrogen and oxygen atoms in total. The summed E-state index contributed by atoms with van der Waals surface area (Å²) < 4.78 is 29.3. The number of pyridine rings is 1. The van der Waals surface area contributed by atoms with Gasteiger partial charge in [0.1, 0.15) is 11.3 Å². The summed E-state index contributed by atoms with van der Waals surface area (Å²) in [5.74, 6) is -1.59. The summed E-state index contributed by atoms with van der Waals surface area (Å²) in [6.45, 7) is 11.8. The van der Waals surface area contributed by atoms with Crippen LogP contribution in [0.4, 0.5) is 9.52 Å². The number of carboxylic acid groups (broad SMARTS) is 1. The van der Waals surface area contributed by atoms with Crippen LogP contribution in [-0.4, -0.2) is 74.8 Å². The number of benzene rings is 1. The molecule has 238 valence electrons. The Balaban J connectivity index is 1.52. The fraction of sp³-hybridized carbons (Fsp3) is 0.455. The Hall–Kier alpha value is -4.03. The quantitative estimate of drug-likeness (QED) is 0.288. The molecule has 0 unspecified atom stereocenters. The van der Waals surface area contributed by atoms with E-state index in [1.54, 1.807) is 62.9 Å². The average Bonchev–Trinajstić information content (AvgIpc) is 3.65. The molecule has 1 fully saturated rings.